The van der Waals surface area contributed by atoms with E-state index >= 15 is 0 Å². The molecule has 0 aliphatic heterocycles. The second-order valence-electron chi connectivity index (χ2n) is 5.98. The Morgan fingerprint density at radius 2 is 1.92 bits per heavy atom. The van der Waals surface area contributed by atoms with Crippen molar-refractivity contribution in [1.29, 1.82) is 0 Å². The first kappa shape index (κ1) is 17.5. The summed E-state index contributed by atoms with van der Waals surface area (Å²) in [6, 6.07) is 13.9. The second kappa shape index (κ2) is 7.74. The number of carbonyl (C=O) groups excluding carboxylic acids is 1. The van der Waals surface area contributed by atoms with Crippen LogP contribution in [0.1, 0.15) is 27.2 Å². The highest BCUT2D eigenvalue weighted by atomic mass is 19.1. The molecule has 1 heterocycles. The van der Waals surface area contributed by atoms with Crippen LogP contribution in [0.15, 0.2) is 54.7 Å². The molecule has 0 atom stereocenters. The van der Waals surface area contributed by atoms with Gasteiger partial charge in [-0.2, -0.15) is 0 Å². The van der Waals surface area contributed by atoms with Crippen LogP contribution in [0.4, 0.5) is 16.0 Å². The van der Waals surface area contributed by atoms with Crippen LogP contribution in [0.3, 0.4) is 0 Å². The lowest BCUT2D eigenvalue weighted by molar-refractivity contribution is 0.0945. The fraction of sp³-hybridized carbons (Fsp3) is 0.150. The molecule has 5 nitrogen and oxygen atoms in total. The van der Waals surface area contributed by atoms with Gasteiger partial charge in [-0.05, 0) is 43.2 Å². The standard InChI is InChI=1S/C20H19FN4O/c1-13-7-8-14(2)18(11-13)25-20-22-10-9-17(24-20)19(26)23-12-15-5-3-4-6-16(15)21/h3-11H,12H2,1-2H3,(H,23,26)(H,22,24,25). The lowest BCUT2D eigenvalue weighted by atomic mass is 10.1. The quantitative estimate of drug-likeness (QED) is 0.732. The lowest BCUT2D eigenvalue weighted by Crippen LogP contribution is -2.24. The Labute approximate surface area is 151 Å². The molecule has 132 valence electrons. The van der Waals surface area contributed by atoms with E-state index in [1.165, 1.54) is 18.3 Å². The van der Waals surface area contributed by atoms with Gasteiger partial charge < -0.3 is 10.6 Å². The van der Waals surface area contributed by atoms with Gasteiger partial charge in [0.25, 0.3) is 5.91 Å². The van der Waals surface area contributed by atoms with Crippen molar-refractivity contribution in [3.63, 3.8) is 0 Å². The summed E-state index contributed by atoms with van der Waals surface area (Å²) >= 11 is 0. The van der Waals surface area contributed by atoms with E-state index < -0.39 is 0 Å². The van der Waals surface area contributed by atoms with Crippen LogP contribution in [-0.4, -0.2) is 15.9 Å². The van der Waals surface area contributed by atoms with E-state index in [9.17, 15) is 9.18 Å². The van der Waals surface area contributed by atoms with Crippen molar-refractivity contribution in [2.24, 2.45) is 0 Å². The number of aryl methyl sites for hydroxylation is 2. The molecule has 0 bridgehead atoms. The van der Waals surface area contributed by atoms with Crippen LogP contribution in [-0.2, 0) is 6.54 Å². The van der Waals surface area contributed by atoms with Crippen LogP contribution in [0.5, 0.6) is 0 Å². The SMILES string of the molecule is Cc1ccc(C)c(Nc2nccc(C(=O)NCc3ccccc3F)n2)c1. The van der Waals surface area contributed by atoms with E-state index in [2.05, 4.69) is 20.6 Å². The highest BCUT2D eigenvalue weighted by Crippen LogP contribution is 2.19. The first-order chi connectivity index (χ1) is 12.5. The number of nitrogens with one attached hydrogen (secondary N) is 2. The van der Waals surface area contributed by atoms with Gasteiger partial charge in [0, 0.05) is 24.0 Å². The molecule has 2 N–H and O–H groups in total. The molecule has 1 aromatic heterocycles. The van der Waals surface area contributed by atoms with Crippen molar-refractivity contribution in [3.8, 4) is 0 Å². The average molecular weight is 350 g/mol. The van der Waals surface area contributed by atoms with E-state index in [0.717, 1.165) is 16.8 Å². The minimum Gasteiger partial charge on any atom is -0.347 e. The highest BCUT2D eigenvalue weighted by molar-refractivity contribution is 5.92. The van der Waals surface area contributed by atoms with Crippen LogP contribution in [0, 0.1) is 19.7 Å². The largest absolute Gasteiger partial charge is 0.347 e. The number of nitrogens with zero attached hydrogens (tertiary/aromatic N) is 2. The van der Waals surface area contributed by atoms with Gasteiger partial charge in [0.05, 0.1) is 0 Å². The fourth-order valence-electron chi connectivity index (χ4n) is 2.44. The fourth-order valence-corrected chi connectivity index (χ4v) is 2.44. The number of benzene rings is 2. The second-order valence-corrected chi connectivity index (χ2v) is 5.98. The highest BCUT2D eigenvalue weighted by Gasteiger charge is 2.10. The third kappa shape index (κ3) is 4.22. The molecular formula is C20H19FN4O. The summed E-state index contributed by atoms with van der Waals surface area (Å²) in [4.78, 5) is 20.7. The van der Waals surface area contributed by atoms with Crippen LogP contribution in [0.25, 0.3) is 0 Å². The number of aromatic nitrogens is 2. The minimum absolute atomic E-state index is 0.0925. The Bertz CT molecular complexity index is 943. The van der Waals surface area contributed by atoms with Gasteiger partial charge in [0.1, 0.15) is 11.5 Å². The molecule has 0 unspecified atom stereocenters. The zero-order valence-corrected chi connectivity index (χ0v) is 14.6. The maximum atomic E-state index is 13.6. The third-order valence-electron chi connectivity index (χ3n) is 3.92. The molecule has 0 aliphatic carbocycles. The number of rotatable bonds is 5. The molecule has 0 radical (unpaired) electrons. The summed E-state index contributed by atoms with van der Waals surface area (Å²) < 4.78 is 13.6. The molecule has 1 amide bonds. The van der Waals surface area contributed by atoms with Gasteiger partial charge in [-0.1, -0.05) is 30.3 Å². The van der Waals surface area contributed by atoms with Crippen LogP contribution < -0.4 is 10.6 Å². The Kier molecular flexibility index (Phi) is 5.22. The molecule has 0 saturated carbocycles. The number of hydrogen-bond acceptors (Lipinski definition) is 4. The van der Waals surface area contributed by atoms with Gasteiger partial charge >= 0.3 is 0 Å². The monoisotopic (exact) mass is 350 g/mol. The Morgan fingerprint density at radius 1 is 1.12 bits per heavy atom. The third-order valence-corrected chi connectivity index (χ3v) is 3.92. The predicted octanol–water partition coefficient (Wildman–Crippen LogP) is 3.91. The van der Waals surface area contributed by atoms with Gasteiger partial charge in [-0.15, -0.1) is 0 Å². The molecular weight excluding hydrogens is 331 g/mol. The summed E-state index contributed by atoms with van der Waals surface area (Å²) in [6.07, 6.45) is 1.51. The number of amides is 1. The number of carbonyl (C=O) groups is 1. The molecule has 0 spiro atoms. The summed E-state index contributed by atoms with van der Waals surface area (Å²) in [5.74, 6) is -0.412. The molecule has 0 fully saturated rings. The first-order valence-electron chi connectivity index (χ1n) is 8.22. The topological polar surface area (TPSA) is 66.9 Å². The van der Waals surface area contributed by atoms with Gasteiger partial charge in [-0.25, -0.2) is 14.4 Å². The van der Waals surface area contributed by atoms with Gasteiger partial charge in [-0.3, -0.25) is 4.79 Å². The molecule has 0 saturated heterocycles. The number of halogens is 1. The predicted molar refractivity (Wildman–Crippen MR) is 98.8 cm³/mol. The molecule has 2 aromatic carbocycles. The first-order valence-corrected chi connectivity index (χ1v) is 8.22. The van der Waals surface area contributed by atoms with Crippen molar-refractivity contribution in [3.05, 3.63) is 82.9 Å². The van der Waals surface area contributed by atoms with E-state index in [-0.39, 0.29) is 24.0 Å². The van der Waals surface area contributed by atoms with Crippen LogP contribution in [0.2, 0.25) is 0 Å². The Hall–Kier alpha value is -3.28. The molecule has 26 heavy (non-hydrogen) atoms. The molecule has 3 aromatic rings. The zero-order valence-electron chi connectivity index (χ0n) is 14.6. The van der Waals surface area contributed by atoms with Crippen molar-refractivity contribution in [1.82, 2.24) is 15.3 Å². The van der Waals surface area contributed by atoms with Crippen molar-refractivity contribution in [2.75, 3.05) is 5.32 Å². The normalized spacial score (nSPS) is 10.4. The summed E-state index contributed by atoms with van der Waals surface area (Å²) in [7, 11) is 0. The van der Waals surface area contributed by atoms with E-state index in [0.29, 0.717) is 11.5 Å². The Balaban J connectivity index is 1.71. The maximum absolute atomic E-state index is 13.6. The minimum atomic E-state index is -0.389. The maximum Gasteiger partial charge on any atom is 0.270 e. The average Bonchev–Trinajstić information content (AvgIpc) is 2.64. The van der Waals surface area contributed by atoms with Gasteiger partial charge in [0.2, 0.25) is 5.95 Å². The van der Waals surface area contributed by atoms with Crippen LogP contribution >= 0.6 is 0 Å². The molecule has 6 heteroatoms. The number of hydrogen-bond donors (Lipinski definition) is 2. The van der Waals surface area contributed by atoms with Crippen molar-refractivity contribution < 1.29 is 9.18 Å². The molecule has 3 rings (SSSR count). The van der Waals surface area contributed by atoms with Crippen molar-refractivity contribution in [2.45, 2.75) is 20.4 Å². The zero-order chi connectivity index (χ0) is 18.5. The van der Waals surface area contributed by atoms with E-state index in [1.54, 1.807) is 18.2 Å². The summed E-state index contributed by atoms with van der Waals surface area (Å²) in [6.45, 7) is 4.07. The Morgan fingerprint density at radius 3 is 2.73 bits per heavy atom. The summed E-state index contributed by atoms with van der Waals surface area (Å²) in [5, 5.41) is 5.80. The van der Waals surface area contributed by atoms with E-state index in [1.807, 2.05) is 32.0 Å². The lowest BCUT2D eigenvalue weighted by Gasteiger charge is -2.10. The van der Waals surface area contributed by atoms with E-state index in [4.69, 9.17) is 0 Å². The summed E-state index contributed by atoms with van der Waals surface area (Å²) in [5.41, 5.74) is 3.67. The smallest absolute Gasteiger partial charge is 0.270 e. The van der Waals surface area contributed by atoms with Gasteiger partial charge in [0.15, 0.2) is 0 Å². The number of anilines is 2. The van der Waals surface area contributed by atoms with Crippen molar-refractivity contribution >= 4 is 17.5 Å². The molecule has 0 aliphatic rings.